The van der Waals surface area contributed by atoms with E-state index in [9.17, 15) is 13.6 Å². The van der Waals surface area contributed by atoms with E-state index in [1.165, 1.54) is 0 Å². The average molecular weight is 256 g/mol. The highest BCUT2D eigenvalue weighted by atomic mass is 19.2. The molecule has 1 aromatic rings. The van der Waals surface area contributed by atoms with Crippen molar-refractivity contribution in [3.8, 4) is 0 Å². The molecular weight excluding hydrogens is 242 g/mol. The van der Waals surface area contributed by atoms with Crippen molar-refractivity contribution < 1.29 is 18.3 Å². The van der Waals surface area contributed by atoms with E-state index >= 15 is 0 Å². The molecule has 0 saturated heterocycles. The summed E-state index contributed by atoms with van der Waals surface area (Å²) in [5.41, 5.74) is -0.329. The molecule has 18 heavy (non-hydrogen) atoms. The molecule has 4 nitrogen and oxygen atoms in total. The standard InChI is InChI=1S/C12H14F2N2O2/c1-18-9-4-2-3-8(9)16-12(17)7-5-6-15-11(14)10(7)13/h5-6,8-9H,2-4H2,1H3,(H,16,17). The maximum atomic E-state index is 13.4. The maximum Gasteiger partial charge on any atom is 0.254 e. The molecule has 1 heterocycles. The number of halogens is 2. The van der Waals surface area contributed by atoms with E-state index in [1.807, 2.05) is 0 Å². The molecule has 1 aliphatic rings. The van der Waals surface area contributed by atoms with E-state index in [1.54, 1.807) is 7.11 Å². The lowest BCUT2D eigenvalue weighted by atomic mass is 10.1. The van der Waals surface area contributed by atoms with Gasteiger partial charge in [-0.15, -0.1) is 0 Å². The predicted octanol–water partition coefficient (Wildman–Crippen LogP) is 1.66. The number of pyridine rings is 1. The van der Waals surface area contributed by atoms with Crippen LogP contribution in [0.5, 0.6) is 0 Å². The van der Waals surface area contributed by atoms with Crippen LogP contribution in [0.25, 0.3) is 0 Å². The van der Waals surface area contributed by atoms with Gasteiger partial charge in [0.25, 0.3) is 5.91 Å². The zero-order valence-corrected chi connectivity index (χ0v) is 9.95. The normalized spacial score (nSPS) is 23.1. The number of carbonyl (C=O) groups excluding carboxylic acids is 1. The fourth-order valence-electron chi connectivity index (χ4n) is 2.21. The number of amides is 1. The van der Waals surface area contributed by atoms with Gasteiger partial charge in [-0.2, -0.15) is 4.39 Å². The number of hydrogen-bond acceptors (Lipinski definition) is 3. The van der Waals surface area contributed by atoms with Crippen molar-refractivity contribution in [2.24, 2.45) is 0 Å². The smallest absolute Gasteiger partial charge is 0.254 e. The molecule has 1 N–H and O–H groups in total. The number of carbonyl (C=O) groups is 1. The Morgan fingerprint density at radius 1 is 1.50 bits per heavy atom. The van der Waals surface area contributed by atoms with E-state index < -0.39 is 17.7 Å². The number of ether oxygens (including phenoxy) is 1. The van der Waals surface area contributed by atoms with Crippen LogP contribution in [-0.4, -0.2) is 30.1 Å². The number of nitrogens with zero attached hydrogens (tertiary/aromatic N) is 1. The SMILES string of the molecule is COC1CCCC1NC(=O)c1ccnc(F)c1F. The minimum Gasteiger partial charge on any atom is -0.379 e. The lowest BCUT2D eigenvalue weighted by molar-refractivity contribution is 0.0719. The van der Waals surface area contributed by atoms with Crippen molar-refractivity contribution in [3.63, 3.8) is 0 Å². The summed E-state index contributed by atoms with van der Waals surface area (Å²) in [7, 11) is 1.57. The van der Waals surface area contributed by atoms with Crippen molar-refractivity contribution in [1.82, 2.24) is 10.3 Å². The molecule has 6 heteroatoms. The fourth-order valence-corrected chi connectivity index (χ4v) is 2.21. The lowest BCUT2D eigenvalue weighted by Gasteiger charge is -2.19. The highest BCUT2D eigenvalue weighted by Crippen LogP contribution is 2.22. The number of hydrogen-bond donors (Lipinski definition) is 1. The quantitative estimate of drug-likeness (QED) is 0.837. The van der Waals surface area contributed by atoms with Gasteiger partial charge in [0.05, 0.1) is 17.7 Å². The summed E-state index contributed by atoms with van der Waals surface area (Å²) in [6, 6.07) is 1.00. The summed E-state index contributed by atoms with van der Waals surface area (Å²) >= 11 is 0. The van der Waals surface area contributed by atoms with Crippen LogP contribution in [-0.2, 0) is 4.74 Å². The molecule has 2 rings (SSSR count). The zero-order valence-electron chi connectivity index (χ0n) is 9.95. The predicted molar refractivity (Wildman–Crippen MR) is 60.1 cm³/mol. The van der Waals surface area contributed by atoms with Gasteiger partial charge in [-0.3, -0.25) is 4.79 Å². The zero-order chi connectivity index (χ0) is 13.1. The third kappa shape index (κ3) is 2.48. The van der Waals surface area contributed by atoms with Gasteiger partial charge in [-0.05, 0) is 25.3 Å². The summed E-state index contributed by atoms with van der Waals surface area (Å²) in [5, 5.41) is 2.67. The summed E-state index contributed by atoms with van der Waals surface area (Å²) < 4.78 is 31.5. The van der Waals surface area contributed by atoms with Gasteiger partial charge in [0, 0.05) is 13.3 Å². The van der Waals surface area contributed by atoms with Crippen molar-refractivity contribution >= 4 is 5.91 Å². The molecule has 1 aromatic heterocycles. The Bertz CT molecular complexity index is 454. The van der Waals surface area contributed by atoms with Gasteiger partial charge in [-0.25, -0.2) is 9.37 Å². The van der Waals surface area contributed by atoms with Crippen LogP contribution in [0.2, 0.25) is 0 Å². The van der Waals surface area contributed by atoms with Gasteiger partial charge in [0.2, 0.25) is 5.95 Å². The Kier molecular flexibility index (Phi) is 3.86. The molecule has 0 bridgehead atoms. The monoisotopic (exact) mass is 256 g/mol. The lowest BCUT2D eigenvalue weighted by Crippen LogP contribution is -2.41. The Hall–Kier alpha value is -1.56. The molecule has 0 spiro atoms. The molecule has 98 valence electrons. The summed E-state index contributed by atoms with van der Waals surface area (Å²) in [5.74, 6) is -3.12. The van der Waals surface area contributed by atoms with Crippen LogP contribution < -0.4 is 5.32 Å². The highest BCUT2D eigenvalue weighted by molar-refractivity contribution is 5.94. The minimum absolute atomic E-state index is 0.0660. The van der Waals surface area contributed by atoms with E-state index in [-0.39, 0.29) is 17.7 Å². The van der Waals surface area contributed by atoms with Crippen molar-refractivity contribution in [1.29, 1.82) is 0 Å². The third-order valence-electron chi connectivity index (χ3n) is 3.16. The van der Waals surface area contributed by atoms with E-state index in [0.717, 1.165) is 31.5 Å². The number of nitrogens with one attached hydrogen (secondary N) is 1. The molecule has 1 amide bonds. The van der Waals surface area contributed by atoms with Crippen LogP contribution >= 0.6 is 0 Å². The molecule has 0 radical (unpaired) electrons. The summed E-state index contributed by atoms with van der Waals surface area (Å²) in [6.07, 6.45) is 3.57. The van der Waals surface area contributed by atoms with Crippen molar-refractivity contribution in [2.75, 3.05) is 7.11 Å². The van der Waals surface area contributed by atoms with Crippen LogP contribution in [0.4, 0.5) is 8.78 Å². The first-order valence-corrected chi connectivity index (χ1v) is 5.77. The molecule has 2 unspecified atom stereocenters. The van der Waals surface area contributed by atoms with Crippen LogP contribution in [0.1, 0.15) is 29.6 Å². The maximum absolute atomic E-state index is 13.4. The molecule has 0 aromatic carbocycles. The number of rotatable bonds is 3. The van der Waals surface area contributed by atoms with Gasteiger partial charge < -0.3 is 10.1 Å². The molecule has 2 atom stereocenters. The third-order valence-corrected chi connectivity index (χ3v) is 3.16. The minimum atomic E-state index is -1.27. The molecule has 1 saturated carbocycles. The first kappa shape index (κ1) is 12.9. The second kappa shape index (κ2) is 5.39. The molecular formula is C12H14F2N2O2. The molecule has 1 aliphatic carbocycles. The highest BCUT2D eigenvalue weighted by Gasteiger charge is 2.29. The number of methoxy groups -OCH3 is 1. The van der Waals surface area contributed by atoms with E-state index in [4.69, 9.17) is 4.74 Å². The molecule has 1 fully saturated rings. The Morgan fingerprint density at radius 3 is 3.00 bits per heavy atom. The second-order valence-electron chi connectivity index (χ2n) is 4.25. The number of aromatic nitrogens is 1. The van der Waals surface area contributed by atoms with Gasteiger partial charge >= 0.3 is 0 Å². The van der Waals surface area contributed by atoms with Crippen LogP contribution in [0, 0.1) is 11.8 Å². The molecule has 0 aliphatic heterocycles. The summed E-state index contributed by atoms with van der Waals surface area (Å²) in [6.45, 7) is 0. The topological polar surface area (TPSA) is 51.2 Å². The van der Waals surface area contributed by atoms with Crippen LogP contribution in [0.3, 0.4) is 0 Å². The first-order chi connectivity index (χ1) is 8.63. The fraction of sp³-hybridized carbons (Fsp3) is 0.500. The van der Waals surface area contributed by atoms with Crippen LogP contribution in [0.15, 0.2) is 12.3 Å². The van der Waals surface area contributed by atoms with Crippen molar-refractivity contribution in [3.05, 3.63) is 29.6 Å². The van der Waals surface area contributed by atoms with Gasteiger partial charge in [0.1, 0.15) is 0 Å². The van der Waals surface area contributed by atoms with Crippen molar-refractivity contribution in [2.45, 2.75) is 31.4 Å². The largest absolute Gasteiger partial charge is 0.379 e. The average Bonchev–Trinajstić information content (AvgIpc) is 2.79. The van der Waals surface area contributed by atoms with E-state index in [2.05, 4.69) is 10.3 Å². The Labute approximate surface area is 103 Å². The summed E-state index contributed by atoms with van der Waals surface area (Å²) in [4.78, 5) is 15.0. The first-order valence-electron chi connectivity index (χ1n) is 5.77. The van der Waals surface area contributed by atoms with Gasteiger partial charge in [-0.1, -0.05) is 0 Å². The Balaban J connectivity index is 2.10. The van der Waals surface area contributed by atoms with Gasteiger partial charge in [0.15, 0.2) is 5.82 Å². The second-order valence-corrected chi connectivity index (χ2v) is 4.25. The van der Waals surface area contributed by atoms with E-state index in [0.29, 0.717) is 0 Å². The Morgan fingerprint density at radius 2 is 2.28 bits per heavy atom.